The summed E-state index contributed by atoms with van der Waals surface area (Å²) >= 11 is 0. The molecule has 3 saturated carbocycles. The minimum Gasteiger partial charge on any atom is -0.413 e. The number of hydrogen-bond acceptors (Lipinski definition) is 4. The van der Waals surface area contributed by atoms with Crippen molar-refractivity contribution in [3.8, 4) is 0 Å². The number of hydrogen-bond donors (Lipinski definition) is 2. The van der Waals surface area contributed by atoms with Gasteiger partial charge in [0.1, 0.15) is 0 Å². The van der Waals surface area contributed by atoms with Crippen LogP contribution in [0.15, 0.2) is 16.8 Å². The van der Waals surface area contributed by atoms with Gasteiger partial charge in [0.05, 0.1) is 17.9 Å². The molecule has 0 amide bonds. The molecule has 5 heteroatoms. The fourth-order valence-electron chi connectivity index (χ4n) is 7.74. The summed E-state index contributed by atoms with van der Waals surface area (Å²) in [6.07, 6.45) is 11.0. The number of rotatable bonds is 3. The monoisotopic (exact) mass is 447 g/mol. The van der Waals surface area contributed by atoms with Crippen molar-refractivity contribution in [3.05, 3.63) is 11.6 Å². The molecule has 3 fully saturated rings. The zero-order valence-corrected chi connectivity index (χ0v) is 21.9. The standard InChI is InChI=1S/C26H45NO3Si/c1-17(27-29)26-15-12-19(28)16-18(26)8-9-20-21-10-11-23(25(21,5)14-13-22(20)26)30-31(6,7)24(2,3)4/h8,19-23,28-29H,9-16H2,1-7H3/b27-17+/t19-,20-,21-,22-,23-,25-,26+/m0/s1. The van der Waals surface area contributed by atoms with Crippen LogP contribution in [0.4, 0.5) is 0 Å². The highest BCUT2D eigenvalue weighted by atomic mass is 28.4. The van der Waals surface area contributed by atoms with Crippen molar-refractivity contribution in [1.29, 1.82) is 0 Å². The molecule has 4 aliphatic carbocycles. The predicted octanol–water partition coefficient (Wildman–Crippen LogP) is 6.53. The third-order valence-corrected chi connectivity index (χ3v) is 15.0. The summed E-state index contributed by atoms with van der Waals surface area (Å²) in [4.78, 5) is 0. The Hall–Kier alpha value is -0.653. The summed E-state index contributed by atoms with van der Waals surface area (Å²) in [6, 6.07) is 0. The second kappa shape index (κ2) is 7.70. The molecule has 0 heterocycles. The van der Waals surface area contributed by atoms with E-state index in [9.17, 15) is 10.3 Å². The summed E-state index contributed by atoms with van der Waals surface area (Å²) in [5, 5.41) is 24.2. The van der Waals surface area contributed by atoms with Crippen LogP contribution in [0, 0.1) is 28.6 Å². The maximum atomic E-state index is 10.4. The maximum absolute atomic E-state index is 10.4. The molecule has 0 bridgehead atoms. The SMILES string of the molecule is C/C(=N\O)[C@]12CC[C@H](O)CC1=CC[C@H]1[C@@H]3CC[C@H](O[Si](C)(C)C(C)(C)C)[C@@]3(C)CC[C@@H]12. The Morgan fingerprint density at radius 3 is 2.48 bits per heavy atom. The molecular weight excluding hydrogens is 402 g/mol. The molecule has 7 atom stereocenters. The van der Waals surface area contributed by atoms with E-state index in [0.29, 0.717) is 23.9 Å². The summed E-state index contributed by atoms with van der Waals surface area (Å²) in [6.45, 7) is 16.4. The van der Waals surface area contributed by atoms with E-state index in [-0.39, 0.29) is 22.0 Å². The van der Waals surface area contributed by atoms with Crippen LogP contribution in [0.5, 0.6) is 0 Å². The topological polar surface area (TPSA) is 62.1 Å². The molecule has 0 spiro atoms. The van der Waals surface area contributed by atoms with Crippen LogP contribution in [0.1, 0.15) is 86.0 Å². The first-order chi connectivity index (χ1) is 14.4. The third-order valence-electron chi connectivity index (χ3n) is 10.6. The highest BCUT2D eigenvalue weighted by Gasteiger charge is 2.61. The van der Waals surface area contributed by atoms with E-state index >= 15 is 0 Å². The molecule has 0 saturated heterocycles. The van der Waals surface area contributed by atoms with Crippen LogP contribution < -0.4 is 0 Å². The molecule has 0 radical (unpaired) electrons. The largest absolute Gasteiger partial charge is 0.413 e. The number of fused-ring (bicyclic) bond motifs is 5. The molecule has 176 valence electrons. The second-order valence-corrected chi connectivity index (χ2v) is 17.6. The first-order valence-electron chi connectivity index (χ1n) is 12.6. The maximum Gasteiger partial charge on any atom is 0.192 e. The van der Waals surface area contributed by atoms with Gasteiger partial charge in [-0.05, 0) is 99.6 Å². The van der Waals surface area contributed by atoms with Gasteiger partial charge in [0.25, 0.3) is 0 Å². The van der Waals surface area contributed by atoms with Crippen molar-refractivity contribution < 1.29 is 14.7 Å². The molecule has 0 unspecified atom stereocenters. The van der Waals surface area contributed by atoms with Gasteiger partial charge in [0.15, 0.2) is 8.32 Å². The number of aliphatic hydroxyl groups is 1. The first kappa shape index (κ1) is 23.5. The summed E-state index contributed by atoms with van der Waals surface area (Å²) in [7, 11) is -1.80. The zero-order valence-electron chi connectivity index (χ0n) is 20.9. The van der Waals surface area contributed by atoms with E-state index in [0.717, 1.165) is 31.4 Å². The van der Waals surface area contributed by atoms with E-state index in [4.69, 9.17) is 4.43 Å². The number of aliphatic hydroxyl groups excluding tert-OH is 1. The molecule has 0 aliphatic heterocycles. The quantitative estimate of drug-likeness (QED) is 0.170. The first-order valence-corrected chi connectivity index (χ1v) is 15.5. The highest BCUT2D eigenvalue weighted by Crippen LogP contribution is 2.66. The Balaban J connectivity index is 1.65. The fourth-order valence-corrected chi connectivity index (χ4v) is 9.19. The summed E-state index contributed by atoms with van der Waals surface area (Å²) in [5.74, 6) is 1.83. The molecule has 2 N–H and O–H groups in total. The van der Waals surface area contributed by atoms with Gasteiger partial charge in [0.2, 0.25) is 0 Å². The molecule has 4 nitrogen and oxygen atoms in total. The summed E-state index contributed by atoms with van der Waals surface area (Å²) in [5.41, 5.74) is 2.33. The van der Waals surface area contributed by atoms with Gasteiger partial charge in [-0.2, -0.15) is 0 Å². The Labute approximate surface area is 190 Å². The normalized spacial score (nSPS) is 43.7. The van der Waals surface area contributed by atoms with Gasteiger partial charge < -0.3 is 14.7 Å². The third kappa shape index (κ3) is 3.49. The minimum absolute atomic E-state index is 0.142. The van der Waals surface area contributed by atoms with Crippen LogP contribution >= 0.6 is 0 Å². The average molecular weight is 448 g/mol. The van der Waals surface area contributed by atoms with E-state index in [1.165, 1.54) is 31.3 Å². The van der Waals surface area contributed by atoms with Crippen molar-refractivity contribution in [3.63, 3.8) is 0 Å². The Morgan fingerprint density at radius 2 is 1.84 bits per heavy atom. The van der Waals surface area contributed by atoms with Crippen LogP contribution in [-0.4, -0.2) is 36.6 Å². The van der Waals surface area contributed by atoms with E-state index in [1.54, 1.807) is 0 Å². The van der Waals surface area contributed by atoms with Gasteiger partial charge in [-0.25, -0.2) is 0 Å². The predicted molar refractivity (Wildman–Crippen MR) is 129 cm³/mol. The van der Waals surface area contributed by atoms with E-state index < -0.39 is 8.32 Å². The lowest BCUT2D eigenvalue weighted by molar-refractivity contribution is -0.0567. The zero-order chi connectivity index (χ0) is 22.8. The lowest BCUT2D eigenvalue weighted by atomic mass is 9.46. The van der Waals surface area contributed by atoms with E-state index in [1.807, 2.05) is 6.92 Å². The van der Waals surface area contributed by atoms with Crippen LogP contribution in [0.3, 0.4) is 0 Å². The molecule has 4 aliphatic rings. The van der Waals surface area contributed by atoms with Gasteiger partial charge in [0, 0.05) is 5.41 Å². The molecule has 4 rings (SSSR count). The molecular formula is C26H45NO3Si. The molecule has 0 aromatic rings. The Bertz CT molecular complexity index is 769. The molecule has 0 aromatic carbocycles. The lowest BCUT2D eigenvalue weighted by Gasteiger charge is -2.59. The van der Waals surface area contributed by atoms with Crippen molar-refractivity contribution in [2.75, 3.05) is 0 Å². The van der Waals surface area contributed by atoms with Crippen LogP contribution in [0.25, 0.3) is 0 Å². The van der Waals surface area contributed by atoms with E-state index in [2.05, 4.69) is 52.0 Å². The van der Waals surface area contributed by atoms with Gasteiger partial charge in [-0.3, -0.25) is 0 Å². The Morgan fingerprint density at radius 1 is 1.13 bits per heavy atom. The van der Waals surface area contributed by atoms with Gasteiger partial charge in [-0.1, -0.05) is 44.5 Å². The van der Waals surface area contributed by atoms with Gasteiger partial charge >= 0.3 is 0 Å². The number of oxime groups is 1. The Kier molecular flexibility index (Phi) is 5.84. The molecule has 31 heavy (non-hydrogen) atoms. The van der Waals surface area contributed by atoms with Crippen molar-refractivity contribution >= 4 is 14.0 Å². The molecule has 0 aromatic heterocycles. The second-order valence-electron chi connectivity index (χ2n) is 12.9. The number of allylic oxidation sites excluding steroid dienone is 1. The van der Waals surface area contributed by atoms with Gasteiger partial charge in [-0.15, -0.1) is 0 Å². The van der Waals surface area contributed by atoms with Crippen molar-refractivity contribution in [2.45, 2.75) is 116 Å². The van der Waals surface area contributed by atoms with Crippen molar-refractivity contribution in [1.82, 2.24) is 0 Å². The highest BCUT2D eigenvalue weighted by molar-refractivity contribution is 6.74. The average Bonchev–Trinajstić information content (AvgIpc) is 3.02. The lowest BCUT2D eigenvalue weighted by Crippen LogP contribution is -2.56. The van der Waals surface area contributed by atoms with Crippen LogP contribution in [0.2, 0.25) is 18.1 Å². The fraction of sp³-hybridized carbons (Fsp3) is 0.885. The van der Waals surface area contributed by atoms with Crippen LogP contribution in [-0.2, 0) is 4.43 Å². The number of nitrogens with zero attached hydrogens (tertiary/aromatic N) is 1. The van der Waals surface area contributed by atoms with Crippen molar-refractivity contribution in [2.24, 2.45) is 33.7 Å². The summed E-state index contributed by atoms with van der Waals surface area (Å²) < 4.78 is 7.06. The minimum atomic E-state index is -1.80. The smallest absolute Gasteiger partial charge is 0.192 e.